The average Bonchev–Trinajstić information content (AvgIpc) is 2.56. The third-order valence-corrected chi connectivity index (χ3v) is 3.99. The maximum Gasteiger partial charge on any atom is 0.262 e. The molecule has 0 spiro atoms. The van der Waals surface area contributed by atoms with Gasteiger partial charge in [0.2, 0.25) is 0 Å². The van der Waals surface area contributed by atoms with Crippen molar-refractivity contribution in [3.63, 3.8) is 0 Å². The molecule has 26 heavy (non-hydrogen) atoms. The zero-order valence-corrected chi connectivity index (χ0v) is 16.0. The van der Waals surface area contributed by atoms with E-state index in [0.29, 0.717) is 17.0 Å². The van der Waals surface area contributed by atoms with E-state index in [9.17, 15) is 9.59 Å². The van der Waals surface area contributed by atoms with Gasteiger partial charge in [-0.1, -0.05) is 18.2 Å². The minimum absolute atomic E-state index is 0.0159. The van der Waals surface area contributed by atoms with Crippen molar-refractivity contribution in [3.8, 4) is 5.75 Å². The van der Waals surface area contributed by atoms with Crippen LogP contribution in [0.4, 0.5) is 5.69 Å². The Kier molecular flexibility index (Phi) is 6.39. The van der Waals surface area contributed by atoms with E-state index in [0.717, 1.165) is 16.7 Å². The van der Waals surface area contributed by atoms with Gasteiger partial charge in [-0.25, -0.2) is 0 Å². The van der Waals surface area contributed by atoms with Gasteiger partial charge in [-0.2, -0.15) is 0 Å². The van der Waals surface area contributed by atoms with Gasteiger partial charge >= 0.3 is 0 Å². The Labute approximate surface area is 154 Å². The highest BCUT2D eigenvalue weighted by Gasteiger charge is 2.14. The van der Waals surface area contributed by atoms with E-state index in [1.807, 2.05) is 40.7 Å². The van der Waals surface area contributed by atoms with E-state index in [4.69, 9.17) is 4.74 Å². The number of amides is 2. The summed E-state index contributed by atoms with van der Waals surface area (Å²) in [6.07, 6.45) is 0. The van der Waals surface area contributed by atoms with Crippen LogP contribution in [0.25, 0.3) is 0 Å². The highest BCUT2D eigenvalue weighted by Crippen LogP contribution is 2.23. The van der Waals surface area contributed by atoms with Crippen molar-refractivity contribution < 1.29 is 14.3 Å². The fourth-order valence-electron chi connectivity index (χ4n) is 2.61. The van der Waals surface area contributed by atoms with Crippen molar-refractivity contribution >= 4 is 17.5 Å². The second kappa shape index (κ2) is 8.52. The van der Waals surface area contributed by atoms with Gasteiger partial charge in [-0.05, 0) is 69.5 Å². The fraction of sp³-hybridized carbons (Fsp3) is 0.333. The maximum absolute atomic E-state index is 12.3. The Hall–Kier alpha value is -2.82. The summed E-state index contributed by atoms with van der Waals surface area (Å²) in [5, 5.41) is 5.59. The molecule has 0 radical (unpaired) electrons. The van der Waals surface area contributed by atoms with Crippen molar-refractivity contribution in [2.45, 2.75) is 40.7 Å². The lowest BCUT2D eigenvalue weighted by Crippen LogP contribution is -2.31. The van der Waals surface area contributed by atoms with Crippen LogP contribution in [0.5, 0.6) is 5.75 Å². The molecule has 0 fully saturated rings. The maximum atomic E-state index is 12.3. The predicted octanol–water partition coefficient (Wildman–Crippen LogP) is 3.77. The fourth-order valence-corrected chi connectivity index (χ4v) is 2.61. The number of anilines is 1. The van der Waals surface area contributed by atoms with Crippen molar-refractivity contribution in [2.75, 3.05) is 11.9 Å². The molecule has 0 atom stereocenters. The molecule has 5 nitrogen and oxygen atoms in total. The molecule has 138 valence electrons. The van der Waals surface area contributed by atoms with Crippen LogP contribution in [-0.4, -0.2) is 24.5 Å². The average molecular weight is 354 g/mol. The van der Waals surface area contributed by atoms with Crippen LogP contribution in [0.3, 0.4) is 0 Å². The largest absolute Gasteiger partial charge is 0.483 e. The van der Waals surface area contributed by atoms with Gasteiger partial charge in [0.05, 0.1) is 11.3 Å². The Balaban J connectivity index is 2.06. The van der Waals surface area contributed by atoms with Gasteiger partial charge in [0.25, 0.3) is 11.8 Å². The highest BCUT2D eigenvalue weighted by atomic mass is 16.5. The van der Waals surface area contributed by atoms with Crippen molar-refractivity contribution in [1.29, 1.82) is 0 Å². The molecule has 0 saturated heterocycles. The topological polar surface area (TPSA) is 67.4 Å². The van der Waals surface area contributed by atoms with Crippen LogP contribution >= 0.6 is 0 Å². The first-order chi connectivity index (χ1) is 12.3. The highest BCUT2D eigenvalue weighted by molar-refractivity contribution is 6.04. The molecule has 0 unspecified atom stereocenters. The van der Waals surface area contributed by atoms with E-state index < -0.39 is 0 Å². The van der Waals surface area contributed by atoms with E-state index in [1.54, 1.807) is 24.3 Å². The SMILES string of the molecule is Cc1cc(C)c(C)c(OCC(=O)Nc2ccccc2C(=O)NC(C)C)c1. The van der Waals surface area contributed by atoms with Crippen LogP contribution in [0.2, 0.25) is 0 Å². The van der Waals surface area contributed by atoms with Crippen LogP contribution < -0.4 is 15.4 Å². The lowest BCUT2D eigenvalue weighted by atomic mass is 10.1. The molecule has 0 heterocycles. The molecule has 2 aromatic rings. The predicted molar refractivity (Wildman–Crippen MR) is 104 cm³/mol. The summed E-state index contributed by atoms with van der Waals surface area (Å²) in [6.45, 7) is 9.62. The number of nitrogens with one attached hydrogen (secondary N) is 2. The minimum atomic E-state index is -0.312. The first-order valence-electron chi connectivity index (χ1n) is 8.68. The molecular formula is C21H26N2O3. The summed E-state index contributed by atoms with van der Waals surface area (Å²) in [5.74, 6) is 0.166. The molecule has 0 aliphatic carbocycles. The molecule has 2 rings (SSSR count). The number of benzene rings is 2. The van der Waals surface area contributed by atoms with Gasteiger partial charge in [-0.15, -0.1) is 0 Å². The van der Waals surface area contributed by atoms with Crippen LogP contribution in [-0.2, 0) is 4.79 Å². The zero-order chi connectivity index (χ0) is 19.3. The Bertz CT molecular complexity index is 813. The standard InChI is InChI=1S/C21H26N2O3/c1-13(2)22-21(25)17-8-6-7-9-18(17)23-20(24)12-26-19-11-14(3)10-15(4)16(19)5/h6-11,13H,12H2,1-5H3,(H,22,25)(H,23,24). The Morgan fingerprint density at radius 3 is 2.46 bits per heavy atom. The summed E-state index contributed by atoms with van der Waals surface area (Å²) < 4.78 is 5.68. The van der Waals surface area contributed by atoms with E-state index in [2.05, 4.69) is 16.7 Å². The second-order valence-electron chi connectivity index (χ2n) is 6.72. The van der Waals surface area contributed by atoms with Crippen molar-refractivity contribution in [1.82, 2.24) is 5.32 Å². The number of para-hydroxylation sites is 1. The number of hydrogen-bond donors (Lipinski definition) is 2. The van der Waals surface area contributed by atoms with E-state index in [-0.39, 0.29) is 24.5 Å². The van der Waals surface area contributed by atoms with Crippen LogP contribution in [0.15, 0.2) is 36.4 Å². The Morgan fingerprint density at radius 2 is 1.77 bits per heavy atom. The number of ether oxygens (including phenoxy) is 1. The molecular weight excluding hydrogens is 328 g/mol. The molecule has 0 saturated carbocycles. The monoisotopic (exact) mass is 354 g/mol. The number of carbonyl (C=O) groups excluding carboxylic acids is 2. The molecule has 0 aliphatic heterocycles. The number of carbonyl (C=O) groups is 2. The normalized spacial score (nSPS) is 10.5. The molecule has 0 bridgehead atoms. The van der Waals surface area contributed by atoms with E-state index in [1.165, 1.54) is 0 Å². The molecule has 0 aromatic heterocycles. The smallest absolute Gasteiger partial charge is 0.262 e. The van der Waals surface area contributed by atoms with Gasteiger partial charge in [0.1, 0.15) is 5.75 Å². The summed E-state index contributed by atoms with van der Waals surface area (Å²) in [4.78, 5) is 24.6. The van der Waals surface area contributed by atoms with E-state index >= 15 is 0 Å². The zero-order valence-electron chi connectivity index (χ0n) is 16.0. The molecule has 0 aliphatic rings. The summed E-state index contributed by atoms with van der Waals surface area (Å²) in [5.41, 5.74) is 4.11. The minimum Gasteiger partial charge on any atom is -0.483 e. The first-order valence-corrected chi connectivity index (χ1v) is 8.68. The molecule has 2 amide bonds. The molecule has 5 heteroatoms. The third-order valence-electron chi connectivity index (χ3n) is 3.99. The number of aryl methyl sites for hydroxylation is 2. The van der Waals surface area contributed by atoms with Crippen molar-refractivity contribution in [2.24, 2.45) is 0 Å². The summed E-state index contributed by atoms with van der Waals surface area (Å²) in [6, 6.07) is 10.9. The Morgan fingerprint density at radius 1 is 1.08 bits per heavy atom. The summed E-state index contributed by atoms with van der Waals surface area (Å²) in [7, 11) is 0. The first kappa shape index (κ1) is 19.5. The lowest BCUT2D eigenvalue weighted by molar-refractivity contribution is -0.118. The van der Waals surface area contributed by atoms with Gasteiger partial charge < -0.3 is 15.4 Å². The second-order valence-corrected chi connectivity index (χ2v) is 6.72. The quantitative estimate of drug-likeness (QED) is 0.830. The van der Waals surface area contributed by atoms with Gasteiger partial charge in [-0.3, -0.25) is 9.59 Å². The van der Waals surface area contributed by atoms with Crippen LogP contribution in [0, 0.1) is 20.8 Å². The van der Waals surface area contributed by atoms with Crippen LogP contribution in [0.1, 0.15) is 40.9 Å². The van der Waals surface area contributed by atoms with Gasteiger partial charge in [0, 0.05) is 6.04 Å². The summed E-state index contributed by atoms with van der Waals surface area (Å²) >= 11 is 0. The number of rotatable bonds is 6. The lowest BCUT2D eigenvalue weighted by Gasteiger charge is -2.14. The number of hydrogen-bond acceptors (Lipinski definition) is 3. The van der Waals surface area contributed by atoms with Crippen molar-refractivity contribution in [3.05, 3.63) is 58.7 Å². The molecule has 2 aromatic carbocycles. The third kappa shape index (κ3) is 5.09. The van der Waals surface area contributed by atoms with Gasteiger partial charge in [0.15, 0.2) is 6.61 Å². The molecule has 2 N–H and O–H groups in total.